The van der Waals surface area contributed by atoms with E-state index in [0.717, 1.165) is 11.8 Å². The molecular weight excluding hydrogens is 196 g/mol. The molecule has 0 aromatic rings. The SMILES string of the molecule is CCC1CCN(CCC2CCCC2N)CC1. The summed E-state index contributed by atoms with van der Waals surface area (Å²) in [6, 6.07) is 0.508. The third-order valence-electron chi connectivity index (χ3n) is 4.82. The van der Waals surface area contributed by atoms with Crippen molar-refractivity contribution in [3.63, 3.8) is 0 Å². The predicted octanol–water partition coefficient (Wildman–Crippen LogP) is 2.63. The molecule has 2 atom stereocenters. The number of hydrogen-bond donors (Lipinski definition) is 1. The second kappa shape index (κ2) is 6.02. The second-order valence-corrected chi connectivity index (χ2v) is 5.84. The van der Waals surface area contributed by atoms with Gasteiger partial charge in [-0.05, 0) is 63.6 Å². The van der Waals surface area contributed by atoms with Crippen molar-refractivity contribution in [2.75, 3.05) is 19.6 Å². The first-order chi connectivity index (χ1) is 7.79. The van der Waals surface area contributed by atoms with Crippen LogP contribution in [0.3, 0.4) is 0 Å². The molecule has 2 fully saturated rings. The molecule has 16 heavy (non-hydrogen) atoms. The molecule has 1 aliphatic heterocycles. The molecule has 94 valence electrons. The normalized spacial score (nSPS) is 33.4. The van der Waals surface area contributed by atoms with E-state index in [0.29, 0.717) is 6.04 Å². The largest absolute Gasteiger partial charge is 0.327 e. The lowest BCUT2D eigenvalue weighted by Crippen LogP contribution is -2.36. The highest BCUT2D eigenvalue weighted by Gasteiger charge is 2.25. The van der Waals surface area contributed by atoms with E-state index >= 15 is 0 Å². The average molecular weight is 224 g/mol. The molecule has 2 unspecified atom stereocenters. The van der Waals surface area contributed by atoms with E-state index in [4.69, 9.17) is 5.73 Å². The van der Waals surface area contributed by atoms with Crippen molar-refractivity contribution in [3.05, 3.63) is 0 Å². The first-order valence-corrected chi connectivity index (χ1v) is 7.27. The van der Waals surface area contributed by atoms with Gasteiger partial charge < -0.3 is 10.6 Å². The first kappa shape index (κ1) is 12.4. The van der Waals surface area contributed by atoms with Gasteiger partial charge in [0, 0.05) is 6.04 Å². The van der Waals surface area contributed by atoms with Gasteiger partial charge in [-0.25, -0.2) is 0 Å². The maximum Gasteiger partial charge on any atom is 0.00676 e. The molecule has 1 saturated heterocycles. The number of piperidine rings is 1. The smallest absolute Gasteiger partial charge is 0.00676 e. The Bertz CT molecular complexity index is 197. The monoisotopic (exact) mass is 224 g/mol. The number of likely N-dealkylation sites (tertiary alicyclic amines) is 1. The van der Waals surface area contributed by atoms with Crippen molar-refractivity contribution in [1.29, 1.82) is 0 Å². The Morgan fingerprint density at radius 2 is 1.88 bits per heavy atom. The van der Waals surface area contributed by atoms with Crippen molar-refractivity contribution >= 4 is 0 Å². The molecule has 2 aliphatic rings. The number of hydrogen-bond acceptors (Lipinski definition) is 2. The van der Waals surface area contributed by atoms with Gasteiger partial charge in [0.05, 0.1) is 0 Å². The Morgan fingerprint density at radius 1 is 1.12 bits per heavy atom. The first-order valence-electron chi connectivity index (χ1n) is 7.27. The van der Waals surface area contributed by atoms with Crippen LogP contribution in [0.5, 0.6) is 0 Å². The molecule has 0 radical (unpaired) electrons. The standard InChI is InChI=1S/C14H28N2/c1-2-12-6-9-16(10-7-12)11-8-13-4-3-5-14(13)15/h12-14H,2-11,15H2,1H3. The highest BCUT2D eigenvalue weighted by atomic mass is 15.1. The van der Waals surface area contributed by atoms with Gasteiger partial charge in [0.15, 0.2) is 0 Å². The zero-order valence-electron chi connectivity index (χ0n) is 10.8. The molecule has 0 spiro atoms. The molecule has 1 heterocycles. The van der Waals surface area contributed by atoms with Gasteiger partial charge in [-0.3, -0.25) is 0 Å². The highest BCUT2D eigenvalue weighted by Crippen LogP contribution is 2.28. The Morgan fingerprint density at radius 3 is 2.44 bits per heavy atom. The summed E-state index contributed by atoms with van der Waals surface area (Å²) in [6.07, 6.45) is 9.58. The Hall–Kier alpha value is -0.0800. The highest BCUT2D eigenvalue weighted by molar-refractivity contribution is 4.81. The molecule has 1 saturated carbocycles. The lowest BCUT2D eigenvalue weighted by atomic mass is 9.93. The third kappa shape index (κ3) is 3.21. The summed E-state index contributed by atoms with van der Waals surface area (Å²) < 4.78 is 0. The van der Waals surface area contributed by atoms with Crippen LogP contribution in [0, 0.1) is 11.8 Å². The van der Waals surface area contributed by atoms with E-state index in [9.17, 15) is 0 Å². The number of nitrogens with zero attached hydrogens (tertiary/aromatic N) is 1. The Balaban J connectivity index is 1.63. The molecule has 2 N–H and O–H groups in total. The maximum atomic E-state index is 6.12. The summed E-state index contributed by atoms with van der Waals surface area (Å²) >= 11 is 0. The van der Waals surface area contributed by atoms with Gasteiger partial charge in [0.25, 0.3) is 0 Å². The van der Waals surface area contributed by atoms with Crippen LogP contribution >= 0.6 is 0 Å². The lowest BCUT2D eigenvalue weighted by molar-refractivity contribution is 0.170. The zero-order chi connectivity index (χ0) is 11.4. The summed E-state index contributed by atoms with van der Waals surface area (Å²) in [5.41, 5.74) is 6.12. The van der Waals surface area contributed by atoms with Crippen molar-refractivity contribution < 1.29 is 0 Å². The summed E-state index contributed by atoms with van der Waals surface area (Å²) in [4.78, 5) is 2.66. The average Bonchev–Trinajstić information content (AvgIpc) is 2.73. The van der Waals surface area contributed by atoms with E-state index < -0.39 is 0 Å². The topological polar surface area (TPSA) is 29.3 Å². The number of rotatable bonds is 4. The van der Waals surface area contributed by atoms with E-state index in [-0.39, 0.29) is 0 Å². The summed E-state index contributed by atoms with van der Waals surface area (Å²) in [5, 5.41) is 0. The van der Waals surface area contributed by atoms with Gasteiger partial charge in [-0.15, -0.1) is 0 Å². The van der Waals surface area contributed by atoms with Gasteiger partial charge in [-0.2, -0.15) is 0 Å². The van der Waals surface area contributed by atoms with E-state index in [1.807, 2.05) is 0 Å². The summed E-state index contributed by atoms with van der Waals surface area (Å²) in [5.74, 6) is 1.83. The van der Waals surface area contributed by atoms with Crippen LogP contribution in [0.1, 0.15) is 51.9 Å². The van der Waals surface area contributed by atoms with Crippen LogP contribution in [0.4, 0.5) is 0 Å². The van der Waals surface area contributed by atoms with E-state index in [2.05, 4.69) is 11.8 Å². The minimum absolute atomic E-state index is 0.508. The quantitative estimate of drug-likeness (QED) is 0.795. The Kier molecular flexibility index (Phi) is 4.66. The van der Waals surface area contributed by atoms with Crippen LogP contribution in [0.15, 0.2) is 0 Å². The van der Waals surface area contributed by atoms with Crippen LogP contribution in [-0.2, 0) is 0 Å². The van der Waals surface area contributed by atoms with Crippen LogP contribution in [-0.4, -0.2) is 30.6 Å². The molecular formula is C14H28N2. The minimum Gasteiger partial charge on any atom is -0.327 e. The second-order valence-electron chi connectivity index (χ2n) is 5.84. The molecule has 2 heteroatoms. The van der Waals surface area contributed by atoms with E-state index in [1.165, 1.54) is 64.6 Å². The molecule has 1 aliphatic carbocycles. The fourth-order valence-electron chi connectivity index (χ4n) is 3.39. The minimum atomic E-state index is 0.508. The maximum absolute atomic E-state index is 6.12. The molecule has 0 aromatic carbocycles. The van der Waals surface area contributed by atoms with Gasteiger partial charge in [0.1, 0.15) is 0 Å². The van der Waals surface area contributed by atoms with Crippen molar-refractivity contribution in [1.82, 2.24) is 4.90 Å². The van der Waals surface area contributed by atoms with Crippen molar-refractivity contribution in [2.45, 2.75) is 57.9 Å². The predicted molar refractivity (Wildman–Crippen MR) is 69.4 cm³/mol. The van der Waals surface area contributed by atoms with Crippen LogP contribution < -0.4 is 5.73 Å². The van der Waals surface area contributed by atoms with Crippen LogP contribution in [0.25, 0.3) is 0 Å². The summed E-state index contributed by atoms with van der Waals surface area (Å²) in [7, 11) is 0. The summed E-state index contributed by atoms with van der Waals surface area (Å²) in [6.45, 7) is 6.30. The fraction of sp³-hybridized carbons (Fsp3) is 1.00. The third-order valence-corrected chi connectivity index (χ3v) is 4.82. The zero-order valence-corrected chi connectivity index (χ0v) is 10.8. The van der Waals surface area contributed by atoms with Crippen LogP contribution in [0.2, 0.25) is 0 Å². The van der Waals surface area contributed by atoms with Crippen molar-refractivity contribution in [3.8, 4) is 0 Å². The molecule has 0 bridgehead atoms. The van der Waals surface area contributed by atoms with Gasteiger partial charge in [0.2, 0.25) is 0 Å². The lowest BCUT2D eigenvalue weighted by Gasteiger charge is -2.32. The van der Waals surface area contributed by atoms with E-state index in [1.54, 1.807) is 0 Å². The van der Waals surface area contributed by atoms with Crippen molar-refractivity contribution in [2.24, 2.45) is 17.6 Å². The molecule has 2 nitrogen and oxygen atoms in total. The fourth-order valence-corrected chi connectivity index (χ4v) is 3.39. The van der Waals surface area contributed by atoms with Gasteiger partial charge >= 0.3 is 0 Å². The molecule has 0 amide bonds. The van der Waals surface area contributed by atoms with Gasteiger partial charge in [-0.1, -0.05) is 19.8 Å². The molecule has 0 aromatic heterocycles. The number of nitrogens with two attached hydrogens (primary N) is 1. The molecule has 2 rings (SSSR count). The Labute approximate surface area is 101 Å².